The number of fused-ring (bicyclic) bond motifs is 1. The van der Waals surface area contributed by atoms with Crippen molar-refractivity contribution in [2.75, 3.05) is 18.9 Å². The zero-order valence-corrected chi connectivity index (χ0v) is 11.1. The number of ether oxygens (including phenoxy) is 1. The molecule has 0 unspecified atom stereocenters. The van der Waals surface area contributed by atoms with E-state index in [1.54, 1.807) is 0 Å². The van der Waals surface area contributed by atoms with E-state index in [0.717, 1.165) is 55.1 Å². The molecule has 98 valence electrons. The van der Waals surface area contributed by atoms with Crippen LogP contribution in [0.25, 0.3) is 11.0 Å². The molecule has 18 heavy (non-hydrogen) atoms. The molecule has 0 aliphatic carbocycles. The van der Waals surface area contributed by atoms with E-state index in [9.17, 15) is 0 Å². The van der Waals surface area contributed by atoms with Gasteiger partial charge in [-0.05, 0) is 38.0 Å². The molecule has 0 atom stereocenters. The maximum Gasteiger partial charge on any atom is 0.106 e. The van der Waals surface area contributed by atoms with Crippen LogP contribution in [0.5, 0.6) is 0 Å². The van der Waals surface area contributed by atoms with Crippen molar-refractivity contribution in [2.24, 2.45) is 0 Å². The van der Waals surface area contributed by atoms with Crippen LogP contribution in [0.1, 0.15) is 25.6 Å². The number of aryl methyl sites for hydroxylation is 2. The predicted octanol–water partition coefficient (Wildman–Crippen LogP) is 2.74. The van der Waals surface area contributed by atoms with E-state index in [1.165, 1.54) is 0 Å². The maximum atomic E-state index is 5.77. The van der Waals surface area contributed by atoms with Crippen molar-refractivity contribution in [3.63, 3.8) is 0 Å². The lowest BCUT2D eigenvalue weighted by Gasteiger charge is -2.07. The van der Waals surface area contributed by atoms with Crippen LogP contribution in [0, 0.1) is 6.92 Å². The Hall–Kier alpha value is -1.55. The van der Waals surface area contributed by atoms with Gasteiger partial charge in [0, 0.05) is 25.4 Å². The smallest absolute Gasteiger partial charge is 0.106 e. The third-order valence-corrected chi connectivity index (χ3v) is 2.98. The first kappa shape index (κ1) is 12.9. The minimum atomic E-state index is 0.762. The molecule has 0 spiro atoms. The fourth-order valence-corrected chi connectivity index (χ4v) is 2.12. The van der Waals surface area contributed by atoms with Gasteiger partial charge in [-0.3, -0.25) is 0 Å². The van der Waals surface area contributed by atoms with Crippen molar-refractivity contribution in [3.8, 4) is 0 Å². The van der Waals surface area contributed by atoms with Crippen LogP contribution >= 0.6 is 0 Å². The van der Waals surface area contributed by atoms with E-state index in [4.69, 9.17) is 10.5 Å². The van der Waals surface area contributed by atoms with Gasteiger partial charge in [0.1, 0.15) is 5.82 Å². The highest BCUT2D eigenvalue weighted by atomic mass is 16.5. The highest BCUT2D eigenvalue weighted by Gasteiger charge is 2.06. The fourth-order valence-electron chi connectivity index (χ4n) is 2.12. The largest absolute Gasteiger partial charge is 0.399 e. The second kappa shape index (κ2) is 5.87. The number of hydrogen-bond acceptors (Lipinski definition) is 3. The third kappa shape index (κ3) is 2.82. The molecule has 0 radical (unpaired) electrons. The lowest BCUT2D eigenvalue weighted by Crippen LogP contribution is -2.04. The Balaban J connectivity index is 2.05. The number of aromatic nitrogens is 2. The van der Waals surface area contributed by atoms with Gasteiger partial charge in [0.15, 0.2) is 0 Å². The number of nitrogen functional groups attached to an aromatic ring is 1. The number of hydrogen-bond donors (Lipinski definition) is 1. The molecule has 4 nitrogen and oxygen atoms in total. The van der Waals surface area contributed by atoms with E-state index in [2.05, 4.69) is 16.5 Å². The molecule has 0 aliphatic rings. The topological polar surface area (TPSA) is 53.1 Å². The first-order valence-electron chi connectivity index (χ1n) is 6.52. The first-order chi connectivity index (χ1) is 8.72. The molecule has 0 bridgehead atoms. The summed E-state index contributed by atoms with van der Waals surface area (Å²) in [5.74, 6) is 1.03. The summed E-state index contributed by atoms with van der Waals surface area (Å²) in [6.07, 6.45) is 2.09. The quantitative estimate of drug-likeness (QED) is 0.631. The second-order valence-corrected chi connectivity index (χ2v) is 4.52. The van der Waals surface area contributed by atoms with Crippen molar-refractivity contribution in [1.29, 1.82) is 0 Å². The Morgan fingerprint density at radius 2 is 2.17 bits per heavy atom. The molecule has 1 aromatic carbocycles. The number of nitrogens with zero attached hydrogens (tertiary/aromatic N) is 2. The first-order valence-corrected chi connectivity index (χ1v) is 6.52. The van der Waals surface area contributed by atoms with Gasteiger partial charge in [0.2, 0.25) is 0 Å². The van der Waals surface area contributed by atoms with Crippen LogP contribution in [0.2, 0.25) is 0 Å². The Morgan fingerprint density at radius 1 is 1.33 bits per heavy atom. The Kier molecular flexibility index (Phi) is 4.20. The molecule has 2 rings (SSSR count). The molecule has 2 aromatic rings. The van der Waals surface area contributed by atoms with Gasteiger partial charge in [0.25, 0.3) is 0 Å². The van der Waals surface area contributed by atoms with Gasteiger partial charge in [-0.15, -0.1) is 0 Å². The van der Waals surface area contributed by atoms with Crippen molar-refractivity contribution in [2.45, 2.75) is 33.2 Å². The number of anilines is 1. The molecule has 0 fully saturated rings. The summed E-state index contributed by atoms with van der Waals surface area (Å²) in [4.78, 5) is 4.53. The molecule has 0 saturated carbocycles. The van der Waals surface area contributed by atoms with Gasteiger partial charge < -0.3 is 15.0 Å². The lowest BCUT2D eigenvalue weighted by molar-refractivity contribution is 0.129. The fraction of sp³-hybridized carbons (Fsp3) is 0.500. The molecular weight excluding hydrogens is 226 g/mol. The lowest BCUT2D eigenvalue weighted by atomic mass is 10.3. The van der Waals surface area contributed by atoms with Gasteiger partial charge >= 0.3 is 0 Å². The minimum absolute atomic E-state index is 0.762. The highest BCUT2D eigenvalue weighted by Crippen LogP contribution is 2.19. The van der Waals surface area contributed by atoms with Crippen LogP contribution in [-0.4, -0.2) is 22.8 Å². The second-order valence-electron chi connectivity index (χ2n) is 4.52. The highest BCUT2D eigenvalue weighted by molar-refractivity contribution is 5.79. The summed E-state index contributed by atoms with van der Waals surface area (Å²) < 4.78 is 7.72. The molecular formula is C14H21N3O. The molecule has 4 heteroatoms. The maximum absolute atomic E-state index is 5.77. The zero-order valence-electron chi connectivity index (χ0n) is 11.1. The van der Waals surface area contributed by atoms with Crippen molar-refractivity contribution in [1.82, 2.24) is 9.55 Å². The van der Waals surface area contributed by atoms with Crippen LogP contribution in [0.4, 0.5) is 5.69 Å². The predicted molar refractivity (Wildman–Crippen MR) is 74.6 cm³/mol. The number of benzene rings is 1. The van der Waals surface area contributed by atoms with Crippen molar-refractivity contribution >= 4 is 16.7 Å². The average molecular weight is 247 g/mol. The normalized spacial score (nSPS) is 11.2. The summed E-state index contributed by atoms with van der Waals surface area (Å²) in [5.41, 5.74) is 8.66. The molecule has 0 aliphatic heterocycles. The van der Waals surface area contributed by atoms with E-state index in [1.807, 2.05) is 25.1 Å². The van der Waals surface area contributed by atoms with Crippen LogP contribution in [0.3, 0.4) is 0 Å². The summed E-state index contributed by atoms with van der Waals surface area (Å²) in [7, 11) is 0. The molecule has 1 heterocycles. The summed E-state index contributed by atoms with van der Waals surface area (Å²) in [6, 6.07) is 5.89. The summed E-state index contributed by atoms with van der Waals surface area (Å²) >= 11 is 0. The summed E-state index contributed by atoms with van der Waals surface area (Å²) in [5, 5.41) is 0. The van der Waals surface area contributed by atoms with Gasteiger partial charge in [-0.25, -0.2) is 4.98 Å². The number of nitrogens with two attached hydrogens (primary N) is 1. The van der Waals surface area contributed by atoms with E-state index < -0.39 is 0 Å². The standard InChI is InChI=1S/C14H21N3O/c1-3-8-18-9-4-7-17-11(2)16-13-10-12(15)5-6-14(13)17/h5-6,10H,3-4,7-9,15H2,1-2H3. The van der Waals surface area contributed by atoms with Crippen LogP contribution in [0.15, 0.2) is 18.2 Å². The molecule has 0 saturated heterocycles. The third-order valence-electron chi connectivity index (χ3n) is 2.98. The Morgan fingerprint density at radius 3 is 2.94 bits per heavy atom. The van der Waals surface area contributed by atoms with Gasteiger partial charge in [-0.2, -0.15) is 0 Å². The van der Waals surface area contributed by atoms with E-state index >= 15 is 0 Å². The monoisotopic (exact) mass is 247 g/mol. The molecule has 2 N–H and O–H groups in total. The van der Waals surface area contributed by atoms with E-state index in [-0.39, 0.29) is 0 Å². The Labute approximate surface area is 108 Å². The van der Waals surface area contributed by atoms with Gasteiger partial charge in [0.05, 0.1) is 11.0 Å². The molecule has 0 amide bonds. The minimum Gasteiger partial charge on any atom is -0.399 e. The van der Waals surface area contributed by atoms with E-state index in [0.29, 0.717) is 0 Å². The average Bonchev–Trinajstić information content (AvgIpc) is 2.64. The van der Waals surface area contributed by atoms with Crippen molar-refractivity contribution in [3.05, 3.63) is 24.0 Å². The summed E-state index contributed by atoms with van der Waals surface area (Å²) in [6.45, 7) is 6.75. The number of imidazole rings is 1. The SMILES string of the molecule is CCCOCCCn1c(C)nc2cc(N)ccc21. The van der Waals surface area contributed by atoms with Crippen LogP contribution in [-0.2, 0) is 11.3 Å². The number of rotatable bonds is 6. The van der Waals surface area contributed by atoms with Crippen LogP contribution < -0.4 is 5.73 Å². The Bertz CT molecular complexity index is 519. The molecule has 1 aromatic heterocycles. The zero-order chi connectivity index (χ0) is 13.0. The van der Waals surface area contributed by atoms with Gasteiger partial charge in [-0.1, -0.05) is 6.92 Å². The van der Waals surface area contributed by atoms with Crippen molar-refractivity contribution < 1.29 is 4.74 Å².